The van der Waals surface area contributed by atoms with Crippen molar-refractivity contribution in [2.24, 2.45) is 5.73 Å². The third-order valence-electron chi connectivity index (χ3n) is 1.67. The number of aromatic nitrogens is 1. The summed E-state index contributed by atoms with van der Waals surface area (Å²) in [6, 6.07) is 1.10. The van der Waals surface area contributed by atoms with Gasteiger partial charge in [-0.05, 0) is 0 Å². The molecule has 1 rings (SSSR count). The van der Waals surface area contributed by atoms with Crippen LogP contribution >= 0.6 is 11.6 Å². The highest BCUT2D eigenvalue weighted by Gasteiger charge is 2.17. The van der Waals surface area contributed by atoms with Crippen LogP contribution in [0.1, 0.15) is 17.7 Å². The molecule has 0 radical (unpaired) electrons. The molecule has 3 nitrogen and oxygen atoms in total. The van der Waals surface area contributed by atoms with Gasteiger partial charge in [0.05, 0.1) is 17.8 Å². The molecule has 0 unspecified atom stereocenters. The number of alkyl halides is 2. The molecule has 6 heteroatoms. The minimum atomic E-state index is -2.66. The number of nitrogens with zero attached hydrogens (tertiary/aromatic N) is 1. The maximum Gasteiger partial charge on any atom is 0.265 e. The number of hydrogen-bond donors (Lipinski definition) is 1. The van der Waals surface area contributed by atoms with E-state index in [2.05, 4.69) is 4.98 Å². The van der Waals surface area contributed by atoms with Crippen molar-refractivity contribution in [3.05, 3.63) is 22.3 Å². The maximum atomic E-state index is 12.5. The zero-order chi connectivity index (χ0) is 10.7. The molecule has 0 amide bonds. The summed E-state index contributed by atoms with van der Waals surface area (Å²) in [7, 11) is 1.34. The third kappa shape index (κ3) is 2.10. The van der Waals surface area contributed by atoms with E-state index in [0.717, 1.165) is 6.07 Å². The molecule has 0 aliphatic rings. The van der Waals surface area contributed by atoms with E-state index in [4.69, 9.17) is 22.1 Å². The van der Waals surface area contributed by atoms with Crippen LogP contribution in [0, 0.1) is 0 Å². The molecule has 2 N–H and O–H groups in total. The standard InChI is InChI=1S/C8H9ClF2N2O/c1-14-6-2-4(8(10)11)7(9)5(3-12)13-6/h2,8H,3,12H2,1H3. The molecule has 1 aromatic rings. The van der Waals surface area contributed by atoms with Crippen LogP contribution in [0.4, 0.5) is 8.78 Å². The molecule has 0 spiro atoms. The van der Waals surface area contributed by atoms with Crippen molar-refractivity contribution in [1.82, 2.24) is 4.98 Å². The van der Waals surface area contributed by atoms with Crippen LogP contribution in [0.5, 0.6) is 5.88 Å². The SMILES string of the molecule is COc1cc(C(F)F)c(Cl)c(CN)n1. The minimum absolute atomic E-state index is 0.00421. The van der Waals surface area contributed by atoms with Crippen LogP contribution in [0.15, 0.2) is 6.07 Å². The van der Waals surface area contributed by atoms with Crippen LogP contribution in [-0.4, -0.2) is 12.1 Å². The van der Waals surface area contributed by atoms with Gasteiger partial charge in [-0.15, -0.1) is 0 Å². The predicted molar refractivity (Wildman–Crippen MR) is 48.6 cm³/mol. The third-order valence-corrected chi connectivity index (χ3v) is 2.10. The van der Waals surface area contributed by atoms with Gasteiger partial charge in [0.15, 0.2) is 0 Å². The molecule has 0 bridgehead atoms. The first-order valence-electron chi connectivity index (χ1n) is 3.81. The number of rotatable bonds is 3. The summed E-state index contributed by atoms with van der Waals surface area (Å²) < 4.78 is 29.6. The number of nitrogens with two attached hydrogens (primary N) is 1. The molecule has 78 valence electrons. The lowest BCUT2D eigenvalue weighted by molar-refractivity contribution is 0.150. The number of ether oxygens (including phenoxy) is 1. The Morgan fingerprint density at radius 2 is 2.29 bits per heavy atom. The van der Waals surface area contributed by atoms with E-state index in [1.807, 2.05) is 0 Å². The Morgan fingerprint density at radius 3 is 2.71 bits per heavy atom. The summed E-state index contributed by atoms with van der Waals surface area (Å²) in [6.07, 6.45) is -2.66. The monoisotopic (exact) mass is 222 g/mol. The molecule has 1 heterocycles. The van der Waals surface area contributed by atoms with Crippen LogP contribution < -0.4 is 10.5 Å². The minimum Gasteiger partial charge on any atom is -0.481 e. The summed E-state index contributed by atoms with van der Waals surface area (Å²) in [5.41, 5.74) is 5.20. The Balaban J connectivity index is 3.27. The molecular weight excluding hydrogens is 214 g/mol. The number of hydrogen-bond acceptors (Lipinski definition) is 3. The Morgan fingerprint density at radius 1 is 1.64 bits per heavy atom. The Bertz CT molecular complexity index is 333. The fourth-order valence-corrected chi connectivity index (χ4v) is 1.23. The van der Waals surface area contributed by atoms with Crippen molar-refractivity contribution < 1.29 is 13.5 Å². The Kier molecular flexibility index (Phi) is 3.60. The van der Waals surface area contributed by atoms with Crippen molar-refractivity contribution >= 4 is 11.6 Å². The van der Waals surface area contributed by atoms with Crippen molar-refractivity contribution in [3.63, 3.8) is 0 Å². The van der Waals surface area contributed by atoms with Crippen LogP contribution in [0.2, 0.25) is 5.02 Å². The summed E-state index contributed by atoms with van der Waals surface area (Å²) in [5.74, 6) is 0.0881. The van der Waals surface area contributed by atoms with E-state index in [1.54, 1.807) is 0 Å². The molecule has 0 saturated carbocycles. The molecule has 1 aromatic heterocycles. The molecule has 0 saturated heterocycles. The average Bonchev–Trinajstić information content (AvgIpc) is 2.17. The van der Waals surface area contributed by atoms with Gasteiger partial charge in [0.25, 0.3) is 6.43 Å². The van der Waals surface area contributed by atoms with Gasteiger partial charge in [0, 0.05) is 18.2 Å². The smallest absolute Gasteiger partial charge is 0.265 e. The normalized spacial score (nSPS) is 10.7. The van der Waals surface area contributed by atoms with Crippen molar-refractivity contribution in [1.29, 1.82) is 0 Å². The highest BCUT2D eigenvalue weighted by atomic mass is 35.5. The second-order valence-corrected chi connectivity index (χ2v) is 2.90. The molecule has 0 fully saturated rings. The second kappa shape index (κ2) is 4.52. The van der Waals surface area contributed by atoms with Crippen molar-refractivity contribution in [2.75, 3.05) is 7.11 Å². The van der Waals surface area contributed by atoms with Crippen molar-refractivity contribution in [3.8, 4) is 5.88 Å². The highest BCUT2D eigenvalue weighted by Crippen LogP contribution is 2.31. The average molecular weight is 223 g/mol. The van der Waals surface area contributed by atoms with E-state index in [9.17, 15) is 8.78 Å². The van der Waals surface area contributed by atoms with E-state index in [1.165, 1.54) is 7.11 Å². The number of methoxy groups -OCH3 is 1. The lowest BCUT2D eigenvalue weighted by Crippen LogP contribution is -2.04. The van der Waals surface area contributed by atoms with Crippen LogP contribution in [0.3, 0.4) is 0 Å². The summed E-state index contributed by atoms with van der Waals surface area (Å²) in [6.45, 7) is -0.00421. The molecule has 0 aliphatic heterocycles. The summed E-state index contributed by atoms with van der Waals surface area (Å²) in [4.78, 5) is 3.84. The lowest BCUT2D eigenvalue weighted by atomic mass is 10.2. The topological polar surface area (TPSA) is 48.1 Å². The largest absolute Gasteiger partial charge is 0.481 e. The van der Waals surface area contributed by atoms with E-state index < -0.39 is 6.43 Å². The second-order valence-electron chi connectivity index (χ2n) is 2.52. The van der Waals surface area contributed by atoms with E-state index >= 15 is 0 Å². The van der Waals surface area contributed by atoms with E-state index in [0.29, 0.717) is 0 Å². The molecule has 0 aliphatic carbocycles. The van der Waals surface area contributed by atoms with E-state index in [-0.39, 0.29) is 28.7 Å². The van der Waals surface area contributed by atoms with Gasteiger partial charge in [-0.1, -0.05) is 11.6 Å². The first-order valence-corrected chi connectivity index (χ1v) is 4.19. The fourth-order valence-electron chi connectivity index (χ4n) is 0.976. The zero-order valence-electron chi connectivity index (χ0n) is 7.43. The quantitative estimate of drug-likeness (QED) is 0.853. The first-order chi connectivity index (χ1) is 6.60. The molecule has 0 atom stereocenters. The summed E-state index contributed by atoms with van der Waals surface area (Å²) in [5, 5.41) is -0.0942. The first kappa shape index (κ1) is 11.1. The maximum absolute atomic E-state index is 12.5. The zero-order valence-corrected chi connectivity index (χ0v) is 8.18. The Labute approximate surface area is 84.8 Å². The number of halogens is 3. The summed E-state index contributed by atoms with van der Waals surface area (Å²) >= 11 is 5.65. The molecule has 0 aromatic carbocycles. The highest BCUT2D eigenvalue weighted by molar-refractivity contribution is 6.32. The van der Waals surface area contributed by atoms with Gasteiger partial charge >= 0.3 is 0 Å². The van der Waals surface area contributed by atoms with Gasteiger partial charge in [0.2, 0.25) is 5.88 Å². The predicted octanol–water partition coefficient (Wildman–Crippen LogP) is 2.14. The van der Waals surface area contributed by atoms with Crippen LogP contribution in [-0.2, 0) is 6.54 Å². The number of pyridine rings is 1. The molecule has 14 heavy (non-hydrogen) atoms. The van der Waals surface area contributed by atoms with Gasteiger partial charge in [-0.3, -0.25) is 0 Å². The lowest BCUT2D eigenvalue weighted by Gasteiger charge is -2.09. The van der Waals surface area contributed by atoms with Gasteiger partial charge < -0.3 is 10.5 Å². The molecular formula is C8H9ClF2N2O. The fraction of sp³-hybridized carbons (Fsp3) is 0.375. The van der Waals surface area contributed by atoms with Gasteiger partial charge in [-0.25, -0.2) is 13.8 Å². The Hall–Kier alpha value is -0.940. The van der Waals surface area contributed by atoms with Gasteiger partial charge in [0.1, 0.15) is 0 Å². The van der Waals surface area contributed by atoms with Gasteiger partial charge in [-0.2, -0.15) is 0 Å². The van der Waals surface area contributed by atoms with Crippen LogP contribution in [0.25, 0.3) is 0 Å². The van der Waals surface area contributed by atoms with Crippen molar-refractivity contribution in [2.45, 2.75) is 13.0 Å².